The fourth-order valence-corrected chi connectivity index (χ4v) is 9.15. The number of rotatable bonds is 9. The first-order valence-corrected chi connectivity index (χ1v) is 21.7. The normalized spacial score (nSPS) is 11.2. The molecule has 0 aromatic heterocycles. The number of hydrogen-bond acceptors (Lipinski definition) is 1. The summed E-state index contributed by atoms with van der Waals surface area (Å²) in [6, 6.07) is 94.7. The minimum absolute atomic E-state index is 1.08. The van der Waals surface area contributed by atoms with Crippen molar-refractivity contribution in [2.24, 2.45) is 0 Å². The Labute approximate surface area is 369 Å². The number of anilines is 3. The highest BCUT2D eigenvalue weighted by Crippen LogP contribution is 2.46. The molecule has 0 saturated heterocycles. The van der Waals surface area contributed by atoms with Crippen molar-refractivity contribution in [3.05, 3.63) is 261 Å². The van der Waals surface area contributed by atoms with Crippen LogP contribution in [-0.4, -0.2) is 0 Å². The average molecular weight is 802 g/mol. The van der Waals surface area contributed by atoms with Gasteiger partial charge >= 0.3 is 0 Å². The zero-order valence-corrected chi connectivity index (χ0v) is 34.8. The van der Waals surface area contributed by atoms with Crippen LogP contribution < -0.4 is 4.90 Å². The topological polar surface area (TPSA) is 3.24 Å². The molecule has 0 unspecified atom stereocenters. The lowest BCUT2D eigenvalue weighted by Crippen LogP contribution is -2.11. The fraction of sp³-hybridized carbons (Fsp3) is 0. The Morgan fingerprint density at radius 1 is 0.206 bits per heavy atom. The lowest BCUT2D eigenvalue weighted by molar-refractivity contribution is 1.28. The highest BCUT2D eigenvalue weighted by atomic mass is 15.1. The van der Waals surface area contributed by atoms with Gasteiger partial charge in [-0.2, -0.15) is 0 Å². The van der Waals surface area contributed by atoms with Crippen molar-refractivity contribution < 1.29 is 0 Å². The third-order valence-electron chi connectivity index (χ3n) is 12.3. The van der Waals surface area contributed by atoms with Crippen molar-refractivity contribution in [2.45, 2.75) is 0 Å². The Bertz CT molecular complexity index is 3340. The second kappa shape index (κ2) is 16.7. The second-order valence-electron chi connectivity index (χ2n) is 16.1. The minimum Gasteiger partial charge on any atom is -0.310 e. The molecule has 0 fully saturated rings. The van der Waals surface area contributed by atoms with Crippen LogP contribution in [0.2, 0.25) is 0 Å². The van der Waals surface area contributed by atoms with E-state index in [2.05, 4.69) is 266 Å². The predicted molar refractivity (Wildman–Crippen MR) is 269 cm³/mol. The van der Waals surface area contributed by atoms with Crippen LogP contribution in [0.4, 0.5) is 17.1 Å². The van der Waals surface area contributed by atoms with Crippen LogP contribution in [0.1, 0.15) is 0 Å². The van der Waals surface area contributed by atoms with E-state index in [0.29, 0.717) is 0 Å². The predicted octanol–water partition coefficient (Wildman–Crippen LogP) is 17.5. The fourth-order valence-electron chi connectivity index (χ4n) is 9.15. The lowest BCUT2D eigenvalue weighted by atomic mass is 9.91. The van der Waals surface area contributed by atoms with Crippen LogP contribution in [0.15, 0.2) is 261 Å². The average Bonchev–Trinajstić information content (AvgIpc) is 3.37. The summed E-state index contributed by atoms with van der Waals surface area (Å²) in [5.74, 6) is 0. The number of hydrogen-bond donors (Lipinski definition) is 0. The molecule has 0 amide bonds. The highest BCUT2D eigenvalue weighted by Gasteiger charge is 2.20. The maximum absolute atomic E-state index is 2.43. The van der Waals surface area contributed by atoms with Crippen molar-refractivity contribution >= 4 is 38.6 Å². The maximum Gasteiger partial charge on any atom is 0.0546 e. The smallest absolute Gasteiger partial charge is 0.0546 e. The largest absolute Gasteiger partial charge is 0.310 e. The van der Waals surface area contributed by atoms with Crippen LogP contribution in [0.5, 0.6) is 0 Å². The molecule has 0 heterocycles. The summed E-state index contributed by atoms with van der Waals surface area (Å²) in [7, 11) is 0. The molecule has 63 heavy (non-hydrogen) atoms. The molecule has 1 heteroatoms. The molecule has 0 aliphatic rings. The van der Waals surface area contributed by atoms with Crippen LogP contribution in [-0.2, 0) is 0 Å². The van der Waals surface area contributed by atoms with Gasteiger partial charge in [0.05, 0.1) is 5.69 Å². The number of fused-ring (bicyclic) bond motifs is 3. The van der Waals surface area contributed by atoms with Gasteiger partial charge in [0, 0.05) is 16.9 Å². The third kappa shape index (κ3) is 7.37. The Balaban J connectivity index is 1.09. The maximum atomic E-state index is 2.43. The van der Waals surface area contributed by atoms with Gasteiger partial charge in [-0.1, -0.05) is 218 Å². The monoisotopic (exact) mass is 801 g/mol. The first-order valence-electron chi connectivity index (χ1n) is 21.7. The summed E-state index contributed by atoms with van der Waals surface area (Å²) in [5, 5.41) is 5.00. The molecular formula is C62H43N. The molecule has 11 rings (SSSR count). The van der Waals surface area contributed by atoms with Crippen molar-refractivity contribution in [2.75, 3.05) is 4.90 Å². The molecule has 1 nitrogen and oxygen atoms in total. The lowest BCUT2D eigenvalue weighted by Gasteiger charge is -2.29. The van der Waals surface area contributed by atoms with Gasteiger partial charge < -0.3 is 4.90 Å². The summed E-state index contributed by atoms with van der Waals surface area (Å²) < 4.78 is 0. The zero-order chi connectivity index (χ0) is 42.0. The van der Waals surface area contributed by atoms with Gasteiger partial charge in [-0.25, -0.2) is 0 Å². The standard InChI is InChI=1S/C62H43N/c1-5-17-44(18-6-1)45-29-35-53(36-30-45)63(54-37-31-46(32-38-54)50-33-39-56(47-19-7-2-8-20-47)60(41-50)49-23-11-4-12-24-49)62-43-52(34-40-57(62)48-21-9-3-10-22-48)61-42-51-25-13-14-26-55(51)58-27-15-16-28-59(58)61/h1-43H. The van der Waals surface area contributed by atoms with Crippen LogP contribution in [0, 0.1) is 0 Å². The molecule has 0 radical (unpaired) electrons. The quantitative estimate of drug-likeness (QED) is 0.131. The Hall–Kier alpha value is -8.26. The molecule has 0 bridgehead atoms. The Kier molecular flexibility index (Phi) is 9.97. The molecule has 0 aliphatic carbocycles. The molecule has 11 aromatic rings. The zero-order valence-electron chi connectivity index (χ0n) is 34.8. The van der Waals surface area contributed by atoms with E-state index in [9.17, 15) is 0 Å². The molecular weight excluding hydrogens is 759 g/mol. The Morgan fingerprint density at radius 3 is 1.22 bits per heavy atom. The van der Waals surface area contributed by atoms with Gasteiger partial charge in [0.1, 0.15) is 0 Å². The number of benzene rings is 11. The summed E-state index contributed by atoms with van der Waals surface area (Å²) in [6.45, 7) is 0. The third-order valence-corrected chi connectivity index (χ3v) is 12.3. The summed E-state index contributed by atoms with van der Waals surface area (Å²) in [6.07, 6.45) is 0. The molecule has 0 spiro atoms. The number of nitrogens with zero attached hydrogens (tertiary/aromatic N) is 1. The van der Waals surface area contributed by atoms with Crippen molar-refractivity contribution in [3.63, 3.8) is 0 Å². The van der Waals surface area contributed by atoms with Crippen molar-refractivity contribution in [3.8, 4) is 66.8 Å². The SMILES string of the molecule is c1ccc(-c2ccc(N(c3ccc(-c4ccc(-c5ccccc5)c(-c5ccccc5)c4)cc3)c3cc(-c4cc5ccccc5c5ccccc45)ccc3-c3ccccc3)cc2)cc1. The van der Waals surface area contributed by atoms with Crippen LogP contribution >= 0.6 is 0 Å². The molecule has 0 aliphatic heterocycles. The van der Waals surface area contributed by atoms with E-state index in [0.717, 1.165) is 33.8 Å². The minimum atomic E-state index is 1.08. The van der Waals surface area contributed by atoms with E-state index >= 15 is 0 Å². The first kappa shape index (κ1) is 37.7. The van der Waals surface area contributed by atoms with Crippen molar-refractivity contribution in [1.82, 2.24) is 0 Å². The van der Waals surface area contributed by atoms with Gasteiger partial charge in [0.15, 0.2) is 0 Å². The van der Waals surface area contributed by atoms with Crippen LogP contribution in [0.25, 0.3) is 88.3 Å². The summed E-state index contributed by atoms with van der Waals surface area (Å²) in [4.78, 5) is 2.43. The van der Waals surface area contributed by atoms with Gasteiger partial charge in [0.25, 0.3) is 0 Å². The summed E-state index contributed by atoms with van der Waals surface area (Å²) >= 11 is 0. The molecule has 0 atom stereocenters. The van der Waals surface area contributed by atoms with E-state index in [1.54, 1.807) is 0 Å². The first-order chi connectivity index (χ1) is 31.2. The van der Waals surface area contributed by atoms with Gasteiger partial charge in [-0.15, -0.1) is 0 Å². The molecule has 11 aromatic carbocycles. The molecule has 0 N–H and O–H groups in total. The Morgan fingerprint density at radius 2 is 0.619 bits per heavy atom. The highest BCUT2D eigenvalue weighted by molar-refractivity contribution is 6.14. The second-order valence-corrected chi connectivity index (χ2v) is 16.1. The van der Waals surface area contributed by atoms with E-state index in [1.807, 2.05) is 0 Å². The van der Waals surface area contributed by atoms with E-state index in [-0.39, 0.29) is 0 Å². The molecule has 296 valence electrons. The van der Waals surface area contributed by atoms with E-state index in [4.69, 9.17) is 0 Å². The molecule has 0 saturated carbocycles. The van der Waals surface area contributed by atoms with Crippen molar-refractivity contribution in [1.29, 1.82) is 0 Å². The van der Waals surface area contributed by atoms with Gasteiger partial charge in [-0.3, -0.25) is 0 Å². The van der Waals surface area contributed by atoms with Crippen LogP contribution in [0.3, 0.4) is 0 Å². The van der Waals surface area contributed by atoms with E-state index < -0.39 is 0 Å². The van der Waals surface area contributed by atoms with E-state index in [1.165, 1.54) is 71.6 Å². The van der Waals surface area contributed by atoms with Gasteiger partial charge in [-0.05, 0) is 125 Å². The van der Waals surface area contributed by atoms with Gasteiger partial charge in [0.2, 0.25) is 0 Å². The summed E-state index contributed by atoms with van der Waals surface area (Å²) in [5.41, 5.74) is 17.5.